The number of ether oxygens (including phenoxy) is 2. The Kier molecular flexibility index (Phi) is 8.19. The van der Waals surface area contributed by atoms with Gasteiger partial charge in [-0.3, -0.25) is 10.1 Å². The van der Waals surface area contributed by atoms with Gasteiger partial charge in [-0.15, -0.1) is 0 Å². The Morgan fingerprint density at radius 2 is 1.55 bits per heavy atom. The quantitative estimate of drug-likeness (QED) is 0.152. The lowest BCUT2D eigenvalue weighted by Crippen LogP contribution is -2.42. The molecule has 0 bridgehead atoms. The molecule has 13 nitrogen and oxygen atoms in total. The molecule has 4 aromatic rings. The summed E-state index contributed by atoms with van der Waals surface area (Å²) in [5.74, 6) is 1.03. The van der Waals surface area contributed by atoms with Crippen LogP contribution in [-0.2, 0) is 14.8 Å². The van der Waals surface area contributed by atoms with E-state index < -0.39 is 22.2 Å². The van der Waals surface area contributed by atoms with Crippen molar-refractivity contribution in [2.75, 3.05) is 29.7 Å². The molecule has 0 fully saturated rings. The number of fused-ring (bicyclic) bond motifs is 1. The van der Waals surface area contributed by atoms with Gasteiger partial charge in [0.05, 0.1) is 35.8 Å². The summed E-state index contributed by atoms with van der Waals surface area (Å²) in [6, 6.07) is 16.4. The molecule has 4 N–H and O–H groups in total. The predicted octanol–water partition coefficient (Wildman–Crippen LogP) is 4.09. The van der Waals surface area contributed by atoms with Crippen LogP contribution in [-0.4, -0.2) is 61.1 Å². The van der Waals surface area contributed by atoms with Crippen LogP contribution < -0.4 is 24.9 Å². The topological polar surface area (TPSA) is 172 Å². The number of carboxylic acid groups (broad SMARTS) is 1. The lowest BCUT2D eigenvalue weighted by molar-refractivity contribution is -0.111. The molecule has 208 valence electrons. The van der Waals surface area contributed by atoms with E-state index in [2.05, 4.69) is 25.4 Å². The molecule has 1 amide bonds. The second-order valence-corrected chi connectivity index (χ2v) is 10.1. The van der Waals surface area contributed by atoms with Crippen LogP contribution in [0.2, 0.25) is 0 Å². The van der Waals surface area contributed by atoms with Crippen molar-refractivity contribution in [3.63, 3.8) is 0 Å². The summed E-state index contributed by atoms with van der Waals surface area (Å²) in [5, 5.41) is 13.1. The summed E-state index contributed by atoms with van der Waals surface area (Å²) < 4.78 is 40.0. The molecule has 14 heteroatoms. The number of para-hydroxylation sites is 2. The Bertz CT molecular complexity index is 1640. The van der Waals surface area contributed by atoms with Gasteiger partial charge in [0.15, 0.2) is 11.6 Å². The van der Waals surface area contributed by atoms with Gasteiger partial charge in [0.25, 0.3) is 10.0 Å². The SMILES string of the molecule is COc1cc(Nc2nc3ccccc3nc2NS(=O)(=O)c2cccc(NN(C(=O)O)C(C)C=O)c2)cc(OC)c1. The standard InChI is InChI=1S/C26H26N6O7S/c1-16(15-33)32(26(34)35)30-17-7-6-8-21(13-17)40(36,37)31-25-24(28-22-9-4-5-10-23(22)29-25)27-18-11-19(38-2)14-20(12-18)39-3/h4-16,30H,1-3H3,(H,27,28)(H,29,31)(H,34,35). The molecule has 0 aliphatic rings. The monoisotopic (exact) mass is 566 g/mol. The summed E-state index contributed by atoms with van der Waals surface area (Å²) in [5.41, 5.74) is 4.15. The fourth-order valence-electron chi connectivity index (χ4n) is 3.62. The number of methoxy groups -OCH3 is 2. The lowest BCUT2D eigenvalue weighted by Gasteiger charge is -2.24. The van der Waals surface area contributed by atoms with E-state index in [-0.39, 0.29) is 22.2 Å². The predicted molar refractivity (Wildman–Crippen MR) is 149 cm³/mol. The number of anilines is 4. The highest BCUT2D eigenvalue weighted by atomic mass is 32.2. The number of amides is 1. The first-order valence-corrected chi connectivity index (χ1v) is 13.3. The molecule has 3 aromatic carbocycles. The van der Waals surface area contributed by atoms with Gasteiger partial charge in [0.2, 0.25) is 0 Å². The molecule has 0 saturated carbocycles. The average Bonchev–Trinajstić information content (AvgIpc) is 2.95. The number of aromatic nitrogens is 2. The number of carbonyl (C=O) groups is 2. The molecule has 0 radical (unpaired) electrons. The zero-order valence-electron chi connectivity index (χ0n) is 21.7. The van der Waals surface area contributed by atoms with Crippen LogP contribution in [0.4, 0.5) is 27.8 Å². The molecule has 1 heterocycles. The number of hydrazine groups is 1. The molecule has 40 heavy (non-hydrogen) atoms. The number of aldehydes is 1. The number of carbonyl (C=O) groups excluding carboxylic acids is 1. The molecule has 1 aromatic heterocycles. The normalized spacial score (nSPS) is 11.8. The van der Waals surface area contributed by atoms with Gasteiger partial charge in [0, 0.05) is 23.9 Å². The Labute approximate surface area is 229 Å². The van der Waals surface area contributed by atoms with E-state index in [1.807, 2.05) is 0 Å². The maximum Gasteiger partial charge on any atom is 0.426 e. The van der Waals surface area contributed by atoms with Crippen LogP contribution in [0.1, 0.15) is 6.92 Å². The molecular formula is C26H26N6O7S. The van der Waals surface area contributed by atoms with E-state index in [0.717, 1.165) is 0 Å². The first-order chi connectivity index (χ1) is 19.1. The van der Waals surface area contributed by atoms with E-state index in [9.17, 15) is 23.1 Å². The van der Waals surface area contributed by atoms with Crippen LogP contribution in [0.25, 0.3) is 11.0 Å². The van der Waals surface area contributed by atoms with Gasteiger partial charge in [-0.05, 0) is 37.3 Å². The van der Waals surface area contributed by atoms with Crippen molar-refractivity contribution in [1.29, 1.82) is 0 Å². The van der Waals surface area contributed by atoms with Crippen molar-refractivity contribution in [3.8, 4) is 11.5 Å². The first-order valence-electron chi connectivity index (χ1n) is 11.8. The Morgan fingerprint density at radius 1 is 0.925 bits per heavy atom. The van der Waals surface area contributed by atoms with Crippen molar-refractivity contribution in [3.05, 3.63) is 66.7 Å². The number of hydrogen-bond donors (Lipinski definition) is 4. The summed E-state index contributed by atoms with van der Waals surface area (Å²) in [6.07, 6.45) is -0.976. The number of nitrogens with zero attached hydrogens (tertiary/aromatic N) is 3. The smallest absolute Gasteiger partial charge is 0.426 e. The number of sulfonamides is 1. The van der Waals surface area contributed by atoms with E-state index in [4.69, 9.17) is 9.47 Å². The largest absolute Gasteiger partial charge is 0.497 e. The molecular weight excluding hydrogens is 540 g/mol. The van der Waals surface area contributed by atoms with Gasteiger partial charge in [-0.2, -0.15) is 0 Å². The number of hydrogen-bond acceptors (Lipinski definition) is 10. The fourth-order valence-corrected chi connectivity index (χ4v) is 4.67. The fraction of sp³-hybridized carbons (Fsp3) is 0.154. The second kappa shape index (κ2) is 11.7. The maximum absolute atomic E-state index is 13.4. The average molecular weight is 567 g/mol. The maximum atomic E-state index is 13.4. The Morgan fingerprint density at radius 3 is 2.12 bits per heavy atom. The minimum Gasteiger partial charge on any atom is -0.497 e. The Balaban J connectivity index is 1.71. The number of nitrogens with one attached hydrogen (secondary N) is 3. The van der Waals surface area contributed by atoms with Gasteiger partial charge in [-0.25, -0.2) is 28.2 Å². The number of benzene rings is 3. The summed E-state index contributed by atoms with van der Waals surface area (Å²) in [6.45, 7) is 1.38. The number of rotatable bonds is 11. The molecule has 1 unspecified atom stereocenters. The van der Waals surface area contributed by atoms with Crippen molar-refractivity contribution in [1.82, 2.24) is 15.0 Å². The van der Waals surface area contributed by atoms with Crippen molar-refractivity contribution in [2.45, 2.75) is 17.9 Å². The third-order valence-electron chi connectivity index (χ3n) is 5.62. The van der Waals surface area contributed by atoms with Crippen molar-refractivity contribution >= 4 is 56.4 Å². The van der Waals surface area contributed by atoms with E-state index >= 15 is 0 Å². The van der Waals surface area contributed by atoms with Gasteiger partial charge in [-0.1, -0.05) is 18.2 Å². The zero-order chi connectivity index (χ0) is 28.9. The molecule has 4 rings (SSSR count). The van der Waals surface area contributed by atoms with Crippen LogP contribution in [0.5, 0.6) is 11.5 Å². The second-order valence-electron chi connectivity index (χ2n) is 8.41. The lowest BCUT2D eigenvalue weighted by atomic mass is 10.2. The van der Waals surface area contributed by atoms with Gasteiger partial charge < -0.3 is 24.7 Å². The highest BCUT2D eigenvalue weighted by Gasteiger charge is 2.22. The minimum absolute atomic E-state index is 0.0828. The van der Waals surface area contributed by atoms with E-state index in [0.29, 0.717) is 39.5 Å². The van der Waals surface area contributed by atoms with Crippen LogP contribution >= 0.6 is 0 Å². The highest BCUT2D eigenvalue weighted by molar-refractivity contribution is 7.92. The highest BCUT2D eigenvalue weighted by Crippen LogP contribution is 2.31. The molecule has 0 spiro atoms. The molecule has 0 aliphatic heterocycles. The summed E-state index contributed by atoms with van der Waals surface area (Å²) in [7, 11) is -1.23. The van der Waals surface area contributed by atoms with Crippen LogP contribution in [0, 0.1) is 0 Å². The molecule has 1 atom stereocenters. The first kappa shape index (κ1) is 27.9. The van der Waals surface area contributed by atoms with Crippen molar-refractivity contribution in [2.24, 2.45) is 0 Å². The van der Waals surface area contributed by atoms with E-state index in [1.165, 1.54) is 45.4 Å². The summed E-state index contributed by atoms with van der Waals surface area (Å²) >= 11 is 0. The summed E-state index contributed by atoms with van der Waals surface area (Å²) in [4.78, 5) is 31.5. The van der Waals surface area contributed by atoms with Gasteiger partial charge >= 0.3 is 6.09 Å². The zero-order valence-corrected chi connectivity index (χ0v) is 22.5. The Hall–Kier alpha value is -5.11. The van der Waals surface area contributed by atoms with Crippen LogP contribution in [0.15, 0.2) is 71.6 Å². The molecule has 0 aliphatic carbocycles. The third kappa shape index (κ3) is 6.30. The minimum atomic E-state index is -4.24. The van der Waals surface area contributed by atoms with Gasteiger partial charge in [0.1, 0.15) is 23.8 Å². The van der Waals surface area contributed by atoms with E-state index in [1.54, 1.807) is 42.5 Å². The molecule has 0 saturated heterocycles. The van der Waals surface area contributed by atoms with Crippen LogP contribution in [0.3, 0.4) is 0 Å². The van der Waals surface area contributed by atoms with Crippen molar-refractivity contribution < 1.29 is 32.6 Å². The third-order valence-corrected chi connectivity index (χ3v) is 6.96.